The van der Waals surface area contributed by atoms with Crippen molar-refractivity contribution in [1.29, 1.82) is 0 Å². The van der Waals surface area contributed by atoms with Gasteiger partial charge in [0.05, 0.1) is 5.92 Å². The summed E-state index contributed by atoms with van der Waals surface area (Å²) in [5, 5.41) is 16.0. The lowest BCUT2D eigenvalue weighted by molar-refractivity contribution is -0.148. The Morgan fingerprint density at radius 3 is 2.50 bits per heavy atom. The summed E-state index contributed by atoms with van der Waals surface area (Å²) in [6, 6.07) is 1.78. The van der Waals surface area contributed by atoms with Crippen LogP contribution in [0.15, 0.2) is 12.1 Å². The first-order valence-corrected chi connectivity index (χ1v) is 8.75. The minimum absolute atomic E-state index is 0.0702. The van der Waals surface area contributed by atoms with Crippen LogP contribution in [0.25, 0.3) is 5.52 Å². The monoisotopic (exact) mass is 388 g/mol. The minimum atomic E-state index is -4.59. The number of hydrogen-bond acceptors (Lipinski definition) is 4. The summed E-state index contributed by atoms with van der Waals surface area (Å²) in [6.45, 7) is 0. The molecule has 5 rings (SSSR count). The molecule has 0 unspecified atom stereocenters. The molecule has 0 radical (unpaired) electrons. The molecule has 2 aromatic heterocycles. The number of aromatic nitrogens is 3. The molecular weight excluding hydrogens is 373 g/mol. The fourth-order valence-electron chi connectivity index (χ4n) is 4.46. The SMILES string of the molecule is O=C(O)[C@H]1C2CCC(CC2)[C@@H]1Nc1nc(Cl)nn2c(C(F)(F)F)ccc12. The van der Waals surface area contributed by atoms with Crippen LogP contribution in [0.4, 0.5) is 19.0 Å². The smallest absolute Gasteiger partial charge is 0.433 e. The molecule has 0 amide bonds. The Morgan fingerprint density at radius 2 is 1.88 bits per heavy atom. The van der Waals surface area contributed by atoms with Gasteiger partial charge in [0, 0.05) is 6.04 Å². The van der Waals surface area contributed by atoms with Gasteiger partial charge in [0.1, 0.15) is 11.2 Å². The van der Waals surface area contributed by atoms with Crippen LogP contribution in [-0.2, 0) is 11.0 Å². The molecule has 26 heavy (non-hydrogen) atoms. The lowest BCUT2D eigenvalue weighted by atomic mass is 9.61. The van der Waals surface area contributed by atoms with Crippen molar-refractivity contribution < 1.29 is 23.1 Å². The zero-order valence-corrected chi connectivity index (χ0v) is 14.3. The van der Waals surface area contributed by atoms with E-state index in [2.05, 4.69) is 15.4 Å². The van der Waals surface area contributed by atoms with Crippen molar-refractivity contribution in [3.8, 4) is 0 Å². The number of carbonyl (C=O) groups is 1. The quantitative estimate of drug-likeness (QED) is 0.838. The number of rotatable bonds is 3. The molecule has 3 saturated carbocycles. The lowest BCUT2D eigenvalue weighted by Crippen LogP contribution is -2.51. The Kier molecular flexibility index (Phi) is 4.02. The number of carboxylic acid groups (broad SMARTS) is 1. The normalized spacial score (nSPS) is 28.5. The Labute approximate surface area is 151 Å². The van der Waals surface area contributed by atoms with Crippen LogP contribution < -0.4 is 5.32 Å². The topological polar surface area (TPSA) is 79.5 Å². The van der Waals surface area contributed by atoms with Gasteiger partial charge in [0.25, 0.3) is 0 Å². The lowest BCUT2D eigenvalue weighted by Gasteiger charge is -2.47. The number of nitrogens with zero attached hydrogens (tertiary/aromatic N) is 3. The molecule has 6 nitrogen and oxygen atoms in total. The third-order valence-corrected chi connectivity index (χ3v) is 5.74. The predicted molar refractivity (Wildman–Crippen MR) is 87.0 cm³/mol. The molecule has 140 valence electrons. The number of alkyl halides is 3. The molecule has 0 aliphatic heterocycles. The number of halogens is 4. The molecule has 2 atom stereocenters. The first-order chi connectivity index (χ1) is 12.3. The Balaban J connectivity index is 1.75. The van der Waals surface area contributed by atoms with Crippen LogP contribution in [0, 0.1) is 17.8 Å². The van der Waals surface area contributed by atoms with E-state index in [9.17, 15) is 23.1 Å². The summed E-state index contributed by atoms with van der Waals surface area (Å²) in [4.78, 5) is 15.8. The van der Waals surface area contributed by atoms with Crippen molar-refractivity contribution in [2.45, 2.75) is 37.9 Å². The van der Waals surface area contributed by atoms with E-state index < -0.39 is 23.8 Å². The first kappa shape index (κ1) is 17.4. The van der Waals surface area contributed by atoms with Crippen LogP contribution in [0.1, 0.15) is 31.4 Å². The van der Waals surface area contributed by atoms with E-state index in [1.54, 1.807) is 0 Å². The fourth-order valence-corrected chi connectivity index (χ4v) is 4.62. The maximum absolute atomic E-state index is 13.1. The van der Waals surface area contributed by atoms with Crippen LogP contribution in [0.2, 0.25) is 5.28 Å². The Morgan fingerprint density at radius 1 is 1.23 bits per heavy atom. The first-order valence-electron chi connectivity index (χ1n) is 8.37. The van der Waals surface area contributed by atoms with Crippen molar-refractivity contribution in [2.75, 3.05) is 5.32 Å². The highest BCUT2D eigenvalue weighted by Crippen LogP contribution is 2.46. The van der Waals surface area contributed by atoms with E-state index in [1.165, 1.54) is 6.07 Å². The molecular formula is C16H16ClF3N4O2. The van der Waals surface area contributed by atoms with E-state index in [1.807, 2.05) is 0 Å². The highest BCUT2D eigenvalue weighted by molar-refractivity contribution is 6.28. The van der Waals surface area contributed by atoms with Gasteiger partial charge in [-0.15, -0.1) is 5.10 Å². The third-order valence-electron chi connectivity index (χ3n) is 5.58. The van der Waals surface area contributed by atoms with E-state index in [0.717, 1.165) is 31.7 Å². The maximum atomic E-state index is 13.1. The molecule has 2 heterocycles. The average molecular weight is 389 g/mol. The van der Waals surface area contributed by atoms with Crippen molar-refractivity contribution >= 4 is 28.9 Å². The van der Waals surface area contributed by atoms with E-state index >= 15 is 0 Å². The van der Waals surface area contributed by atoms with Gasteiger partial charge in [0.15, 0.2) is 5.82 Å². The second-order valence-electron chi connectivity index (χ2n) is 6.95. The summed E-state index contributed by atoms with van der Waals surface area (Å²) < 4.78 is 40.1. The molecule has 10 heteroatoms. The predicted octanol–water partition coefficient (Wildman–Crippen LogP) is 3.70. The van der Waals surface area contributed by atoms with Gasteiger partial charge >= 0.3 is 12.1 Å². The molecule has 3 aliphatic rings. The van der Waals surface area contributed by atoms with Crippen molar-refractivity contribution in [2.24, 2.45) is 17.8 Å². The summed E-state index contributed by atoms with van der Waals surface area (Å²) >= 11 is 5.83. The highest BCUT2D eigenvalue weighted by atomic mass is 35.5. The third kappa shape index (κ3) is 2.78. The van der Waals surface area contributed by atoms with Gasteiger partial charge in [-0.2, -0.15) is 18.2 Å². The van der Waals surface area contributed by atoms with E-state index in [0.29, 0.717) is 4.52 Å². The molecule has 0 aromatic carbocycles. The van der Waals surface area contributed by atoms with Crippen molar-refractivity contribution in [3.05, 3.63) is 23.1 Å². The van der Waals surface area contributed by atoms with Crippen LogP contribution in [-0.4, -0.2) is 31.7 Å². The highest BCUT2D eigenvalue weighted by Gasteiger charge is 2.47. The Hall–Kier alpha value is -2.03. The number of hydrogen-bond donors (Lipinski definition) is 2. The van der Waals surface area contributed by atoms with Gasteiger partial charge < -0.3 is 10.4 Å². The van der Waals surface area contributed by atoms with Crippen LogP contribution >= 0.6 is 11.6 Å². The van der Waals surface area contributed by atoms with Gasteiger partial charge in [-0.05, 0) is 61.3 Å². The maximum Gasteiger partial charge on any atom is 0.433 e. The molecule has 2 N–H and O–H groups in total. The summed E-state index contributed by atoms with van der Waals surface area (Å²) in [7, 11) is 0. The zero-order valence-electron chi connectivity index (χ0n) is 13.5. The van der Waals surface area contributed by atoms with Gasteiger partial charge in [-0.1, -0.05) is 0 Å². The van der Waals surface area contributed by atoms with Crippen molar-refractivity contribution in [1.82, 2.24) is 14.6 Å². The van der Waals surface area contributed by atoms with Gasteiger partial charge in [-0.3, -0.25) is 4.79 Å². The van der Waals surface area contributed by atoms with E-state index in [4.69, 9.17) is 11.6 Å². The largest absolute Gasteiger partial charge is 0.481 e. The zero-order chi connectivity index (χ0) is 18.6. The molecule has 3 fully saturated rings. The Bertz CT molecular complexity index is 861. The fraction of sp³-hybridized carbons (Fsp3) is 0.562. The minimum Gasteiger partial charge on any atom is -0.481 e. The molecule has 0 saturated heterocycles. The van der Waals surface area contributed by atoms with Gasteiger partial charge in [0.2, 0.25) is 5.28 Å². The second kappa shape index (κ2) is 6.00. The summed E-state index contributed by atoms with van der Waals surface area (Å²) in [5.41, 5.74) is -0.841. The number of fused-ring (bicyclic) bond motifs is 4. The summed E-state index contributed by atoms with van der Waals surface area (Å²) in [6.07, 6.45) is -1.06. The average Bonchev–Trinajstić information content (AvgIpc) is 2.99. The molecule has 3 aliphatic carbocycles. The molecule has 0 spiro atoms. The standard InChI is InChI=1S/C16H16ClF3N4O2/c17-15-22-13(9-5-6-10(16(18,19)20)24(9)23-15)21-12-8-3-1-7(2-4-8)11(12)14(25)26/h5-8,11-12H,1-4H2,(H,25,26)(H,21,22,23)/t7?,8?,11-,12-/m0/s1. The molecule has 2 aromatic rings. The van der Waals surface area contributed by atoms with Crippen LogP contribution in [0.3, 0.4) is 0 Å². The number of anilines is 1. The van der Waals surface area contributed by atoms with E-state index in [-0.39, 0.29) is 34.5 Å². The molecule has 2 bridgehead atoms. The summed E-state index contributed by atoms with van der Waals surface area (Å²) in [5.74, 6) is -1.13. The van der Waals surface area contributed by atoms with Crippen molar-refractivity contribution in [3.63, 3.8) is 0 Å². The number of aliphatic carboxylic acids is 1. The second-order valence-corrected chi connectivity index (χ2v) is 7.29. The van der Waals surface area contributed by atoms with Crippen LogP contribution in [0.5, 0.6) is 0 Å². The van der Waals surface area contributed by atoms with Gasteiger partial charge in [-0.25, -0.2) is 4.52 Å². The number of nitrogens with one attached hydrogen (secondary N) is 1. The number of carboxylic acids is 1.